The van der Waals surface area contributed by atoms with Crippen LogP contribution in [0.4, 0.5) is 36.7 Å². The van der Waals surface area contributed by atoms with Crippen LogP contribution in [0.2, 0.25) is 0 Å². The van der Waals surface area contributed by atoms with Gasteiger partial charge in [-0.15, -0.1) is 0 Å². The minimum atomic E-state index is -0.261. The normalized spacial score (nSPS) is 12.6. The SMILES string of the molecule is COc1ccc(-c2cnc(NCc3c(F)ccc4c3CCO4)n3cc(C)nc23)cn1.COc1cncc(-c2cnc(NCc3c(F)ccc4c3CCO4)n3cc(C)nc23)c1.[C-]#[N+]c1cncc(-c2cnc(NCc3c(F)ccc4c3CCO4)n3cc(C)nc23)c1. The molecular formula is C66H57F3N16O5. The number of pyridine rings is 3. The van der Waals surface area contributed by atoms with Crippen LogP contribution in [0.1, 0.15) is 50.5 Å². The summed E-state index contributed by atoms with van der Waals surface area (Å²) in [4.78, 5) is 43.7. The molecule has 15 rings (SSSR count). The topological polar surface area (TPSA) is 216 Å². The highest BCUT2D eigenvalue weighted by atomic mass is 19.1. The highest BCUT2D eigenvalue weighted by Crippen LogP contribution is 2.36. The molecule has 3 aromatic carbocycles. The standard InChI is InChI=1S/C22H17FN6O.2C22H20FN5O2/c1-13-12-29-21(28-13)17(14-7-15(24-2)9-25-8-14)10-26-22(29)27-11-18-16-5-6-30-20(16)4-3-19(18)23;1-13-12-28-21(27-13)16(14-3-6-20(29-2)24-9-14)10-25-22(28)26-11-17-15-7-8-30-19(15)5-4-18(17)23;1-13-12-28-21(27-13)17(14-7-15(29-2)9-24-8-14)10-25-22(28)26-11-18-16-5-6-30-20(16)4-3-19(18)23/h3-4,7-10,12H,5-6,11H2,1H3,(H,26,27);3-6,9-10,12H,7-8,11H2,1-2H3,(H,25,26);3-4,7-10,12H,5-6,11H2,1-2H3,(H,25,26). The lowest BCUT2D eigenvalue weighted by Gasteiger charge is -2.13. The van der Waals surface area contributed by atoms with Gasteiger partial charge in [0.2, 0.25) is 29.4 Å². The van der Waals surface area contributed by atoms with Gasteiger partial charge in [0.25, 0.3) is 0 Å². The van der Waals surface area contributed by atoms with E-state index >= 15 is 0 Å². The Morgan fingerprint density at radius 1 is 0.489 bits per heavy atom. The van der Waals surface area contributed by atoms with Crippen molar-refractivity contribution in [3.05, 3.63) is 208 Å². The lowest BCUT2D eigenvalue weighted by molar-refractivity contribution is 0.356. The number of fused-ring (bicyclic) bond motifs is 6. The van der Waals surface area contributed by atoms with E-state index in [2.05, 4.69) is 65.7 Å². The van der Waals surface area contributed by atoms with Crippen molar-refractivity contribution in [3.8, 4) is 62.3 Å². The zero-order valence-electron chi connectivity index (χ0n) is 49.5. The van der Waals surface area contributed by atoms with Gasteiger partial charge in [-0.05, 0) is 80.9 Å². The van der Waals surface area contributed by atoms with Gasteiger partial charge in [-0.25, -0.2) is 52.9 Å². The number of rotatable bonds is 14. The van der Waals surface area contributed by atoms with Crippen LogP contribution >= 0.6 is 0 Å². The second kappa shape index (κ2) is 24.8. The Hall–Kier alpha value is -11.4. The fourth-order valence-corrected chi connectivity index (χ4v) is 11.3. The van der Waals surface area contributed by atoms with Gasteiger partial charge in [-0.3, -0.25) is 23.2 Å². The number of aryl methyl sites for hydroxylation is 3. The molecule has 3 N–H and O–H groups in total. The number of benzene rings is 3. The molecule has 0 spiro atoms. The number of hydrogen-bond donors (Lipinski definition) is 3. The largest absolute Gasteiger partial charge is 0.495 e. The molecule has 0 unspecified atom stereocenters. The Morgan fingerprint density at radius 3 is 1.31 bits per heavy atom. The molecular weight excluding hydrogens is 1150 g/mol. The predicted octanol–water partition coefficient (Wildman–Crippen LogP) is 11.9. The summed E-state index contributed by atoms with van der Waals surface area (Å²) >= 11 is 0. The van der Waals surface area contributed by atoms with Crippen molar-refractivity contribution < 1.29 is 36.9 Å². The molecule has 0 amide bonds. The van der Waals surface area contributed by atoms with E-state index in [1.807, 2.05) is 64.7 Å². The van der Waals surface area contributed by atoms with Crippen LogP contribution in [0.15, 0.2) is 129 Å². The average Bonchev–Trinajstić information content (AvgIpc) is 1.66. The number of halogens is 3. The zero-order valence-corrected chi connectivity index (χ0v) is 49.5. The molecule has 3 aliphatic heterocycles. The lowest BCUT2D eigenvalue weighted by atomic mass is 10.0. The van der Waals surface area contributed by atoms with Crippen molar-refractivity contribution >= 4 is 40.5 Å². The summed E-state index contributed by atoms with van der Waals surface area (Å²) in [6, 6.07) is 16.8. The molecule has 0 aliphatic carbocycles. The third-order valence-corrected chi connectivity index (χ3v) is 15.6. The molecule has 12 heterocycles. The molecule has 0 saturated heterocycles. The average molecular weight is 1210 g/mol. The first kappa shape index (κ1) is 57.7. The summed E-state index contributed by atoms with van der Waals surface area (Å²) in [6.45, 7) is 15.6. The number of anilines is 3. The van der Waals surface area contributed by atoms with E-state index < -0.39 is 0 Å². The summed E-state index contributed by atoms with van der Waals surface area (Å²) in [6.07, 6.45) is 21.3. The van der Waals surface area contributed by atoms with E-state index in [0.717, 1.165) is 95.7 Å². The molecule has 12 aromatic rings. The van der Waals surface area contributed by atoms with Gasteiger partial charge in [-0.2, -0.15) is 0 Å². The number of nitrogens with one attached hydrogen (secondary N) is 3. The Labute approximate surface area is 513 Å². The van der Waals surface area contributed by atoms with Crippen molar-refractivity contribution in [1.82, 2.24) is 58.1 Å². The van der Waals surface area contributed by atoms with E-state index in [1.54, 1.807) is 87.9 Å². The van der Waals surface area contributed by atoms with E-state index in [1.165, 1.54) is 24.4 Å². The first-order valence-electron chi connectivity index (χ1n) is 28.8. The van der Waals surface area contributed by atoms with Crippen molar-refractivity contribution in [2.75, 3.05) is 50.0 Å². The van der Waals surface area contributed by atoms with Gasteiger partial charge < -0.3 is 39.6 Å². The summed E-state index contributed by atoms with van der Waals surface area (Å²) in [7, 11) is 3.18. The van der Waals surface area contributed by atoms with Crippen LogP contribution in [-0.4, -0.2) is 92.1 Å². The quantitative estimate of drug-likeness (QED) is 0.0863. The fourth-order valence-electron chi connectivity index (χ4n) is 11.3. The van der Waals surface area contributed by atoms with Crippen LogP contribution < -0.4 is 39.6 Å². The lowest BCUT2D eigenvalue weighted by Crippen LogP contribution is -2.09. The molecule has 0 bridgehead atoms. The van der Waals surface area contributed by atoms with Crippen LogP contribution in [0.3, 0.4) is 0 Å². The Morgan fingerprint density at radius 2 is 0.911 bits per heavy atom. The molecule has 0 atom stereocenters. The number of aromatic nitrogens is 12. The maximum atomic E-state index is 14.5. The number of nitrogens with zero attached hydrogens (tertiary/aromatic N) is 13. The molecule has 3 aliphatic rings. The first-order chi connectivity index (χ1) is 43.9. The highest BCUT2D eigenvalue weighted by Gasteiger charge is 2.24. The smallest absolute Gasteiger partial charge is 0.212 e. The maximum absolute atomic E-state index is 14.5. The third-order valence-electron chi connectivity index (χ3n) is 15.6. The van der Waals surface area contributed by atoms with Crippen LogP contribution in [0.25, 0.3) is 55.2 Å². The number of ether oxygens (including phenoxy) is 5. The van der Waals surface area contributed by atoms with Gasteiger partial charge >= 0.3 is 0 Å². The molecule has 9 aromatic heterocycles. The third kappa shape index (κ3) is 11.5. The van der Waals surface area contributed by atoms with Crippen molar-refractivity contribution in [1.29, 1.82) is 0 Å². The highest BCUT2D eigenvalue weighted by molar-refractivity contribution is 5.81. The fraction of sp³-hybridized carbons (Fsp3) is 0.212. The number of imidazole rings is 3. The second-order valence-electron chi connectivity index (χ2n) is 21.3. The van der Waals surface area contributed by atoms with Crippen LogP contribution in [0, 0.1) is 44.8 Å². The van der Waals surface area contributed by atoms with Gasteiger partial charge in [0.05, 0.1) is 63.9 Å². The van der Waals surface area contributed by atoms with Crippen molar-refractivity contribution in [2.24, 2.45) is 0 Å². The predicted molar refractivity (Wildman–Crippen MR) is 331 cm³/mol. The maximum Gasteiger partial charge on any atom is 0.212 e. The monoisotopic (exact) mass is 1210 g/mol. The van der Waals surface area contributed by atoms with Gasteiger partial charge in [-0.1, -0.05) is 0 Å². The molecule has 24 heteroatoms. The molecule has 0 radical (unpaired) electrons. The van der Waals surface area contributed by atoms with E-state index in [-0.39, 0.29) is 24.0 Å². The number of methoxy groups -OCH3 is 2. The molecule has 452 valence electrons. The minimum absolute atomic E-state index is 0.245. The summed E-state index contributed by atoms with van der Waals surface area (Å²) in [5.41, 5.74) is 14.7. The first-order valence-corrected chi connectivity index (χ1v) is 28.8. The zero-order chi connectivity index (χ0) is 62.0. The van der Waals surface area contributed by atoms with E-state index in [0.29, 0.717) is 110 Å². The van der Waals surface area contributed by atoms with E-state index in [4.69, 9.17) is 30.3 Å². The van der Waals surface area contributed by atoms with Crippen LogP contribution in [-0.2, 0) is 38.9 Å². The van der Waals surface area contributed by atoms with Gasteiger partial charge in [0.1, 0.15) is 57.4 Å². The van der Waals surface area contributed by atoms with Crippen molar-refractivity contribution in [3.63, 3.8) is 0 Å². The minimum Gasteiger partial charge on any atom is -0.495 e. The molecule has 90 heavy (non-hydrogen) atoms. The Bertz CT molecular complexity index is 4760. The van der Waals surface area contributed by atoms with Gasteiger partial charge in [0, 0.05) is 168 Å². The summed E-state index contributed by atoms with van der Waals surface area (Å²) in [5.74, 6) is 4.43. The summed E-state index contributed by atoms with van der Waals surface area (Å²) in [5, 5.41) is 9.77. The molecule has 0 saturated carbocycles. The van der Waals surface area contributed by atoms with E-state index in [9.17, 15) is 13.2 Å². The second-order valence-corrected chi connectivity index (χ2v) is 21.3. The Kier molecular flexibility index (Phi) is 15.9. The number of hydrogen-bond acceptors (Lipinski definition) is 17. The molecule has 0 fully saturated rings. The molecule has 21 nitrogen and oxygen atoms in total. The van der Waals surface area contributed by atoms with Gasteiger partial charge in [0.15, 0.2) is 0 Å². The van der Waals surface area contributed by atoms with Crippen molar-refractivity contribution in [2.45, 2.75) is 59.7 Å². The van der Waals surface area contributed by atoms with Crippen LogP contribution in [0.5, 0.6) is 28.9 Å². The summed E-state index contributed by atoms with van der Waals surface area (Å²) < 4.78 is 76.1. The Balaban J connectivity index is 0.000000124.